The molecule has 0 radical (unpaired) electrons. The molecule has 1 fully saturated rings. The number of fused-ring (bicyclic) bond motifs is 3. The Bertz CT molecular complexity index is 443. The smallest absolute Gasteiger partial charge is 0.0911 e. The van der Waals surface area contributed by atoms with Crippen LogP contribution < -0.4 is 0 Å². The van der Waals surface area contributed by atoms with Crippen LogP contribution in [0.2, 0.25) is 0 Å². The van der Waals surface area contributed by atoms with Gasteiger partial charge in [0.2, 0.25) is 0 Å². The number of rotatable bonds is 0. The molecule has 0 aliphatic heterocycles. The van der Waals surface area contributed by atoms with Crippen molar-refractivity contribution in [1.82, 2.24) is 0 Å². The number of nitriles is 1. The molecular formula is C15H15N. The van der Waals surface area contributed by atoms with Gasteiger partial charge in [-0.3, -0.25) is 0 Å². The van der Waals surface area contributed by atoms with Crippen LogP contribution >= 0.6 is 0 Å². The van der Waals surface area contributed by atoms with Gasteiger partial charge >= 0.3 is 0 Å². The summed E-state index contributed by atoms with van der Waals surface area (Å²) in [6.45, 7) is 0. The Balaban J connectivity index is 2.03. The first-order chi connectivity index (χ1) is 7.88. The first-order valence-electron chi connectivity index (χ1n) is 6.05. The molecule has 0 amide bonds. The van der Waals surface area contributed by atoms with Gasteiger partial charge in [0.25, 0.3) is 0 Å². The second-order valence-electron chi connectivity index (χ2n) is 4.92. The maximum absolute atomic E-state index is 8.86. The summed E-state index contributed by atoms with van der Waals surface area (Å²) in [5.41, 5.74) is 4.41. The molecule has 0 spiro atoms. The van der Waals surface area contributed by atoms with Crippen LogP contribution in [-0.2, 0) is 12.8 Å². The Hall–Kier alpha value is -1.55. The van der Waals surface area contributed by atoms with E-state index in [1.54, 1.807) is 0 Å². The summed E-state index contributed by atoms with van der Waals surface area (Å²) < 4.78 is 0. The van der Waals surface area contributed by atoms with Crippen LogP contribution in [0.1, 0.15) is 24.0 Å². The van der Waals surface area contributed by atoms with E-state index in [2.05, 4.69) is 30.3 Å². The summed E-state index contributed by atoms with van der Waals surface area (Å²) in [7, 11) is 0. The molecule has 0 saturated heterocycles. The van der Waals surface area contributed by atoms with Gasteiger partial charge in [-0.15, -0.1) is 0 Å². The number of benzene rings is 1. The van der Waals surface area contributed by atoms with E-state index >= 15 is 0 Å². The van der Waals surface area contributed by atoms with E-state index < -0.39 is 0 Å². The zero-order chi connectivity index (χ0) is 11.0. The SMILES string of the molecule is N#CC=C1C2CCC1Cc1ccccc1C2. The molecule has 1 heteroatoms. The largest absolute Gasteiger partial charge is 0.193 e. The summed E-state index contributed by atoms with van der Waals surface area (Å²) in [5.74, 6) is 1.27. The van der Waals surface area contributed by atoms with Crippen LogP contribution in [0.5, 0.6) is 0 Å². The molecule has 1 saturated carbocycles. The lowest BCUT2D eigenvalue weighted by atomic mass is 9.94. The minimum Gasteiger partial charge on any atom is -0.193 e. The van der Waals surface area contributed by atoms with Gasteiger partial charge < -0.3 is 0 Å². The molecule has 16 heavy (non-hydrogen) atoms. The summed E-state index contributed by atoms with van der Waals surface area (Å²) in [6, 6.07) is 11.0. The lowest BCUT2D eigenvalue weighted by molar-refractivity contribution is 0.593. The van der Waals surface area contributed by atoms with Gasteiger partial charge in [-0.25, -0.2) is 0 Å². The molecule has 0 aromatic heterocycles. The third-order valence-corrected chi connectivity index (χ3v) is 4.09. The van der Waals surface area contributed by atoms with E-state index in [9.17, 15) is 0 Å². The van der Waals surface area contributed by atoms with Crippen LogP contribution in [0.3, 0.4) is 0 Å². The maximum atomic E-state index is 8.86. The highest BCUT2D eigenvalue weighted by atomic mass is 14.4. The normalized spacial score (nSPS) is 26.8. The van der Waals surface area contributed by atoms with Gasteiger partial charge in [0.05, 0.1) is 6.07 Å². The van der Waals surface area contributed by atoms with Crippen LogP contribution in [0.4, 0.5) is 0 Å². The zero-order valence-electron chi connectivity index (χ0n) is 9.32. The highest BCUT2D eigenvalue weighted by molar-refractivity contribution is 5.36. The fourth-order valence-corrected chi connectivity index (χ4v) is 3.31. The van der Waals surface area contributed by atoms with Crippen molar-refractivity contribution in [3.63, 3.8) is 0 Å². The molecule has 1 aromatic carbocycles. The predicted molar refractivity (Wildman–Crippen MR) is 63.8 cm³/mol. The van der Waals surface area contributed by atoms with Crippen LogP contribution in [-0.4, -0.2) is 0 Å². The topological polar surface area (TPSA) is 23.8 Å². The summed E-state index contributed by atoms with van der Waals surface area (Å²) in [6.07, 6.45) is 6.63. The number of hydrogen-bond donors (Lipinski definition) is 0. The number of nitrogens with zero attached hydrogens (tertiary/aromatic N) is 1. The Morgan fingerprint density at radius 3 is 2.12 bits per heavy atom. The molecule has 2 bridgehead atoms. The molecule has 1 nitrogen and oxygen atoms in total. The molecule has 0 heterocycles. The Morgan fingerprint density at radius 2 is 1.62 bits per heavy atom. The van der Waals surface area contributed by atoms with Gasteiger partial charge in [-0.05, 0) is 48.6 Å². The monoisotopic (exact) mass is 209 g/mol. The van der Waals surface area contributed by atoms with Crippen molar-refractivity contribution < 1.29 is 0 Å². The van der Waals surface area contributed by atoms with E-state index in [1.165, 1.54) is 29.5 Å². The molecule has 2 atom stereocenters. The van der Waals surface area contributed by atoms with Crippen LogP contribution in [0, 0.1) is 23.2 Å². The predicted octanol–water partition coefficient (Wildman–Crippen LogP) is 3.26. The lowest BCUT2D eigenvalue weighted by Gasteiger charge is -2.11. The molecule has 80 valence electrons. The molecule has 2 unspecified atom stereocenters. The molecule has 2 aliphatic rings. The van der Waals surface area contributed by atoms with Gasteiger partial charge in [0.1, 0.15) is 0 Å². The van der Waals surface area contributed by atoms with E-state index in [4.69, 9.17) is 5.26 Å². The average molecular weight is 209 g/mol. The second kappa shape index (κ2) is 3.79. The molecule has 3 rings (SSSR count). The van der Waals surface area contributed by atoms with Crippen molar-refractivity contribution in [3.8, 4) is 6.07 Å². The first-order valence-corrected chi connectivity index (χ1v) is 6.05. The molecular weight excluding hydrogens is 194 g/mol. The van der Waals surface area contributed by atoms with Gasteiger partial charge in [0.15, 0.2) is 0 Å². The average Bonchev–Trinajstić information content (AvgIpc) is 2.57. The number of hydrogen-bond acceptors (Lipinski definition) is 1. The summed E-state index contributed by atoms with van der Waals surface area (Å²) in [5, 5.41) is 8.86. The quantitative estimate of drug-likeness (QED) is 0.602. The van der Waals surface area contributed by atoms with Crippen molar-refractivity contribution >= 4 is 0 Å². The van der Waals surface area contributed by atoms with E-state index in [0.717, 1.165) is 12.8 Å². The van der Waals surface area contributed by atoms with Crippen molar-refractivity contribution in [2.75, 3.05) is 0 Å². The third kappa shape index (κ3) is 1.46. The highest BCUT2D eigenvalue weighted by Gasteiger charge is 2.33. The van der Waals surface area contributed by atoms with Crippen LogP contribution in [0.15, 0.2) is 35.9 Å². The van der Waals surface area contributed by atoms with Crippen molar-refractivity contribution in [2.45, 2.75) is 25.7 Å². The third-order valence-electron chi connectivity index (χ3n) is 4.09. The second-order valence-corrected chi connectivity index (χ2v) is 4.92. The lowest BCUT2D eigenvalue weighted by Crippen LogP contribution is -2.02. The highest BCUT2D eigenvalue weighted by Crippen LogP contribution is 2.43. The van der Waals surface area contributed by atoms with Crippen molar-refractivity contribution in [3.05, 3.63) is 47.0 Å². The van der Waals surface area contributed by atoms with E-state index in [0.29, 0.717) is 11.8 Å². The Kier molecular flexibility index (Phi) is 2.29. The van der Waals surface area contributed by atoms with E-state index in [1.807, 2.05) is 6.08 Å². The maximum Gasteiger partial charge on any atom is 0.0911 e. The summed E-state index contributed by atoms with van der Waals surface area (Å²) >= 11 is 0. The van der Waals surface area contributed by atoms with E-state index in [-0.39, 0.29) is 0 Å². The molecule has 0 N–H and O–H groups in total. The molecule has 2 aliphatic carbocycles. The number of allylic oxidation sites excluding steroid dienone is 2. The van der Waals surface area contributed by atoms with Crippen molar-refractivity contribution in [1.29, 1.82) is 5.26 Å². The van der Waals surface area contributed by atoms with Gasteiger partial charge in [0, 0.05) is 6.08 Å². The Labute approximate surface area is 96.4 Å². The molecule has 1 aromatic rings. The summed E-state index contributed by atoms with van der Waals surface area (Å²) in [4.78, 5) is 0. The fourth-order valence-electron chi connectivity index (χ4n) is 3.31. The minimum atomic E-state index is 0.633. The van der Waals surface area contributed by atoms with Crippen molar-refractivity contribution in [2.24, 2.45) is 11.8 Å². The standard InChI is InChI=1S/C15H15N/c16-8-7-15-13-5-6-14(15)10-12-4-2-1-3-11(12)9-13/h1-4,7,13-14H,5-6,9-10H2. The Morgan fingerprint density at radius 1 is 1.06 bits per heavy atom. The fraction of sp³-hybridized carbons (Fsp3) is 0.400. The van der Waals surface area contributed by atoms with Gasteiger partial charge in [-0.1, -0.05) is 29.8 Å². The first kappa shape index (κ1) is 9.66. The van der Waals surface area contributed by atoms with Crippen LogP contribution in [0.25, 0.3) is 0 Å². The zero-order valence-corrected chi connectivity index (χ0v) is 9.32. The van der Waals surface area contributed by atoms with Gasteiger partial charge in [-0.2, -0.15) is 5.26 Å². The minimum absolute atomic E-state index is 0.633.